The van der Waals surface area contributed by atoms with Crippen molar-refractivity contribution in [2.45, 2.75) is 84.2 Å². The predicted octanol–water partition coefficient (Wildman–Crippen LogP) is 0.274. The highest BCUT2D eigenvalue weighted by Crippen LogP contribution is 2.14. The Labute approximate surface area is 211 Å². The third-order valence-corrected chi connectivity index (χ3v) is 5.91. The van der Waals surface area contributed by atoms with Gasteiger partial charge in [0.25, 0.3) is 0 Å². The Morgan fingerprint density at radius 3 is 1.92 bits per heavy atom. The fourth-order valence-electron chi connectivity index (χ4n) is 3.56. The molecule has 11 nitrogen and oxygen atoms in total. The molecule has 0 aliphatic heterocycles. The van der Waals surface area contributed by atoms with E-state index in [0.29, 0.717) is 18.4 Å². The summed E-state index contributed by atoms with van der Waals surface area (Å²) in [5, 5.41) is 36.1. The van der Waals surface area contributed by atoms with E-state index in [2.05, 4.69) is 16.0 Å². The van der Waals surface area contributed by atoms with E-state index in [1.165, 1.54) is 19.1 Å². The number of carbonyl (C=O) groups excluding carboxylic acids is 3. The Morgan fingerprint density at radius 1 is 0.889 bits per heavy atom. The average molecular weight is 509 g/mol. The number of phenols is 1. The molecule has 3 amide bonds. The van der Waals surface area contributed by atoms with Crippen LogP contribution < -0.4 is 21.7 Å². The van der Waals surface area contributed by atoms with E-state index in [1.807, 2.05) is 13.8 Å². The topological polar surface area (TPSA) is 191 Å². The number of hydrogen-bond donors (Lipinski definition) is 7. The molecule has 1 rings (SSSR count). The van der Waals surface area contributed by atoms with E-state index < -0.39 is 54.0 Å². The first-order chi connectivity index (χ1) is 16.8. The summed E-state index contributed by atoms with van der Waals surface area (Å²) >= 11 is 0. The number of aromatic hydroxyl groups is 1. The fraction of sp³-hybridized carbons (Fsp3) is 0.600. The molecule has 0 aliphatic rings. The molecule has 6 unspecified atom stereocenters. The molecule has 0 heterocycles. The summed E-state index contributed by atoms with van der Waals surface area (Å²) in [6.07, 6.45) is -0.401. The number of benzene rings is 1. The molecule has 11 heteroatoms. The van der Waals surface area contributed by atoms with Gasteiger partial charge in [0.15, 0.2) is 6.04 Å². The third kappa shape index (κ3) is 9.82. The number of hydrogen-bond acceptors (Lipinski definition) is 7. The Bertz CT molecular complexity index is 889. The number of aliphatic hydroxyl groups is 1. The minimum Gasteiger partial charge on any atom is -0.508 e. The number of nitrogens with one attached hydrogen (secondary N) is 3. The number of nitrogens with two attached hydrogens (primary N) is 1. The molecule has 0 saturated heterocycles. The third-order valence-electron chi connectivity index (χ3n) is 5.91. The lowest BCUT2D eigenvalue weighted by atomic mass is 9.96. The molecule has 0 radical (unpaired) electrons. The van der Waals surface area contributed by atoms with Crippen molar-refractivity contribution in [1.82, 2.24) is 16.0 Å². The highest BCUT2D eigenvalue weighted by molar-refractivity contribution is 5.94. The van der Waals surface area contributed by atoms with Crippen LogP contribution in [0.2, 0.25) is 0 Å². The Balaban J connectivity index is 3.17. The Hall–Kier alpha value is -3.18. The quantitative estimate of drug-likeness (QED) is 0.186. The largest absolute Gasteiger partial charge is 0.508 e. The standard InChI is InChI=1S/C25H40N4O7/c1-6-14(4)20(24(34)29-21(15(5)30)25(35)36)28-23(33)19(12-16-7-9-17(31)10-8-16)27-22(32)18(26)11-13(2)3/h7-10,13-15,18-21,30-31H,6,11-12,26H2,1-5H3,(H,27,32)(H,28,33)(H,29,34)(H,35,36). The van der Waals surface area contributed by atoms with E-state index in [1.54, 1.807) is 26.0 Å². The summed E-state index contributed by atoms with van der Waals surface area (Å²) in [5.41, 5.74) is 6.64. The lowest BCUT2D eigenvalue weighted by molar-refractivity contribution is -0.145. The van der Waals surface area contributed by atoms with Gasteiger partial charge in [-0.1, -0.05) is 46.2 Å². The maximum absolute atomic E-state index is 13.3. The fourth-order valence-corrected chi connectivity index (χ4v) is 3.56. The van der Waals surface area contributed by atoms with E-state index in [-0.39, 0.29) is 24.0 Å². The van der Waals surface area contributed by atoms with Crippen molar-refractivity contribution in [3.05, 3.63) is 29.8 Å². The van der Waals surface area contributed by atoms with E-state index >= 15 is 0 Å². The summed E-state index contributed by atoms with van der Waals surface area (Å²) in [6, 6.07) is 1.52. The lowest BCUT2D eigenvalue weighted by Gasteiger charge is -2.28. The van der Waals surface area contributed by atoms with Crippen LogP contribution in [-0.4, -0.2) is 69.3 Å². The molecule has 0 fully saturated rings. The van der Waals surface area contributed by atoms with Crippen LogP contribution in [0.3, 0.4) is 0 Å². The maximum Gasteiger partial charge on any atom is 0.328 e. The smallest absolute Gasteiger partial charge is 0.328 e. The van der Waals surface area contributed by atoms with Crippen molar-refractivity contribution in [1.29, 1.82) is 0 Å². The van der Waals surface area contributed by atoms with Gasteiger partial charge in [-0.3, -0.25) is 14.4 Å². The van der Waals surface area contributed by atoms with Gasteiger partial charge in [-0.25, -0.2) is 4.79 Å². The number of carboxylic acid groups (broad SMARTS) is 1. The van der Waals surface area contributed by atoms with Crippen LogP contribution in [0.15, 0.2) is 24.3 Å². The van der Waals surface area contributed by atoms with Crippen molar-refractivity contribution >= 4 is 23.7 Å². The molecule has 1 aromatic carbocycles. The van der Waals surface area contributed by atoms with Gasteiger partial charge in [0.05, 0.1) is 12.1 Å². The van der Waals surface area contributed by atoms with E-state index in [4.69, 9.17) is 5.73 Å². The zero-order valence-corrected chi connectivity index (χ0v) is 21.5. The summed E-state index contributed by atoms with van der Waals surface area (Å²) < 4.78 is 0. The second-order valence-electron chi connectivity index (χ2n) is 9.60. The Morgan fingerprint density at radius 2 is 1.44 bits per heavy atom. The second-order valence-corrected chi connectivity index (χ2v) is 9.60. The van der Waals surface area contributed by atoms with Gasteiger partial charge in [-0.2, -0.15) is 0 Å². The molecule has 0 aliphatic carbocycles. The van der Waals surface area contributed by atoms with Gasteiger partial charge in [0.2, 0.25) is 17.7 Å². The highest BCUT2D eigenvalue weighted by atomic mass is 16.4. The summed E-state index contributed by atoms with van der Waals surface area (Å²) in [5.74, 6) is -3.54. The molecule has 6 atom stereocenters. The first kappa shape index (κ1) is 30.9. The number of carbonyl (C=O) groups is 4. The number of rotatable bonds is 14. The maximum atomic E-state index is 13.3. The van der Waals surface area contributed by atoms with Gasteiger partial charge in [-0.05, 0) is 42.9 Å². The number of amides is 3. The van der Waals surface area contributed by atoms with Crippen LogP contribution in [0.5, 0.6) is 5.75 Å². The highest BCUT2D eigenvalue weighted by Gasteiger charge is 2.34. The molecule has 0 spiro atoms. The monoisotopic (exact) mass is 508 g/mol. The van der Waals surface area contributed by atoms with Crippen molar-refractivity contribution in [2.75, 3.05) is 0 Å². The number of aliphatic hydroxyl groups excluding tert-OH is 1. The van der Waals surface area contributed by atoms with Gasteiger partial charge < -0.3 is 37.0 Å². The summed E-state index contributed by atoms with van der Waals surface area (Å²) in [4.78, 5) is 50.4. The van der Waals surface area contributed by atoms with Crippen LogP contribution in [-0.2, 0) is 25.6 Å². The number of aliphatic carboxylic acids is 1. The molecular formula is C25H40N4O7. The second kappa shape index (κ2) is 14.4. The van der Waals surface area contributed by atoms with Gasteiger partial charge in [0.1, 0.15) is 17.8 Å². The number of phenolic OH excluding ortho intramolecular Hbond substituents is 1. The van der Waals surface area contributed by atoms with Crippen molar-refractivity contribution in [3.63, 3.8) is 0 Å². The molecule has 0 aromatic heterocycles. The van der Waals surface area contributed by atoms with Crippen molar-refractivity contribution in [3.8, 4) is 5.75 Å². The minimum absolute atomic E-state index is 0.0438. The zero-order valence-electron chi connectivity index (χ0n) is 21.5. The van der Waals surface area contributed by atoms with Crippen molar-refractivity contribution < 1.29 is 34.5 Å². The molecule has 1 aromatic rings. The van der Waals surface area contributed by atoms with Crippen molar-refractivity contribution in [2.24, 2.45) is 17.6 Å². The SMILES string of the molecule is CCC(C)C(NC(=O)C(Cc1ccc(O)cc1)NC(=O)C(N)CC(C)C)C(=O)NC(C(=O)O)C(C)O. The van der Waals surface area contributed by atoms with Gasteiger partial charge in [-0.15, -0.1) is 0 Å². The predicted molar refractivity (Wildman–Crippen MR) is 134 cm³/mol. The van der Waals surface area contributed by atoms with Crippen LogP contribution in [0.25, 0.3) is 0 Å². The van der Waals surface area contributed by atoms with Crippen LogP contribution in [0, 0.1) is 11.8 Å². The molecule has 8 N–H and O–H groups in total. The normalized spacial score (nSPS) is 16.2. The van der Waals surface area contributed by atoms with E-state index in [0.717, 1.165) is 0 Å². The first-order valence-corrected chi connectivity index (χ1v) is 12.1. The zero-order chi connectivity index (χ0) is 27.6. The molecular weight excluding hydrogens is 468 g/mol. The summed E-state index contributed by atoms with van der Waals surface area (Å²) in [7, 11) is 0. The van der Waals surface area contributed by atoms with Gasteiger partial charge in [0, 0.05) is 6.42 Å². The van der Waals surface area contributed by atoms with Gasteiger partial charge >= 0.3 is 5.97 Å². The first-order valence-electron chi connectivity index (χ1n) is 12.1. The Kier molecular flexibility index (Phi) is 12.3. The van der Waals surface area contributed by atoms with Crippen LogP contribution in [0.1, 0.15) is 53.0 Å². The molecule has 0 bridgehead atoms. The van der Waals surface area contributed by atoms with Crippen LogP contribution in [0.4, 0.5) is 0 Å². The summed E-state index contributed by atoms with van der Waals surface area (Å²) in [6.45, 7) is 8.59. The minimum atomic E-state index is -1.55. The average Bonchev–Trinajstić information content (AvgIpc) is 2.80. The van der Waals surface area contributed by atoms with Crippen LogP contribution >= 0.6 is 0 Å². The lowest BCUT2D eigenvalue weighted by Crippen LogP contribution is -2.60. The molecule has 202 valence electrons. The van der Waals surface area contributed by atoms with E-state index in [9.17, 15) is 34.5 Å². The molecule has 36 heavy (non-hydrogen) atoms. The number of carboxylic acids is 1. The molecule has 0 saturated carbocycles.